The van der Waals surface area contributed by atoms with Crippen molar-refractivity contribution in [1.29, 1.82) is 0 Å². The fourth-order valence-electron chi connectivity index (χ4n) is 1.76. The van der Waals surface area contributed by atoms with Crippen molar-refractivity contribution in [1.82, 2.24) is 9.97 Å². The van der Waals surface area contributed by atoms with Gasteiger partial charge in [-0.1, -0.05) is 29.8 Å². The largest absolute Gasteiger partial charge is 0.366 e. The summed E-state index contributed by atoms with van der Waals surface area (Å²) in [6.45, 7) is 7.72. The molecule has 2 aromatic rings. The number of hydrogen-bond acceptors (Lipinski definition) is 4. The van der Waals surface area contributed by atoms with Crippen LogP contribution in [0.2, 0.25) is 0 Å². The summed E-state index contributed by atoms with van der Waals surface area (Å²) >= 11 is 0. The van der Waals surface area contributed by atoms with Crippen molar-refractivity contribution in [3.05, 3.63) is 47.2 Å². The van der Waals surface area contributed by atoms with Crippen molar-refractivity contribution < 1.29 is 0 Å². The molecule has 0 unspecified atom stereocenters. The highest BCUT2D eigenvalue weighted by Gasteiger charge is 2.03. The maximum absolute atomic E-state index is 4.46. The lowest BCUT2D eigenvalue weighted by Gasteiger charge is -2.10. The van der Waals surface area contributed by atoms with Gasteiger partial charge in [-0.25, -0.2) is 4.98 Å². The van der Waals surface area contributed by atoms with E-state index < -0.39 is 0 Å². The van der Waals surface area contributed by atoms with Crippen LogP contribution in [0.25, 0.3) is 0 Å². The second-order valence-corrected chi connectivity index (χ2v) is 4.59. The molecule has 100 valence electrons. The van der Waals surface area contributed by atoms with Gasteiger partial charge < -0.3 is 10.6 Å². The van der Waals surface area contributed by atoms with E-state index in [-0.39, 0.29) is 0 Å². The predicted molar refractivity (Wildman–Crippen MR) is 79.4 cm³/mol. The SMILES string of the molecule is CCNc1ncc(C)c(NCc2ccc(C)cc2)n1. The van der Waals surface area contributed by atoms with Crippen LogP contribution in [0.4, 0.5) is 11.8 Å². The Kier molecular flexibility index (Phi) is 4.34. The highest BCUT2D eigenvalue weighted by atomic mass is 15.1. The van der Waals surface area contributed by atoms with Gasteiger partial charge in [-0.05, 0) is 26.3 Å². The van der Waals surface area contributed by atoms with Crippen LogP contribution < -0.4 is 10.6 Å². The van der Waals surface area contributed by atoms with Gasteiger partial charge in [0.15, 0.2) is 0 Å². The van der Waals surface area contributed by atoms with E-state index in [1.54, 1.807) is 0 Å². The van der Waals surface area contributed by atoms with E-state index in [0.717, 1.165) is 24.5 Å². The Hall–Kier alpha value is -2.10. The molecule has 0 aliphatic heterocycles. The number of hydrogen-bond donors (Lipinski definition) is 2. The van der Waals surface area contributed by atoms with Gasteiger partial charge in [0.2, 0.25) is 5.95 Å². The minimum atomic E-state index is 0.666. The average Bonchev–Trinajstić information content (AvgIpc) is 2.41. The fourth-order valence-corrected chi connectivity index (χ4v) is 1.76. The minimum Gasteiger partial charge on any atom is -0.366 e. The number of nitrogens with one attached hydrogen (secondary N) is 2. The van der Waals surface area contributed by atoms with Crippen molar-refractivity contribution >= 4 is 11.8 Å². The van der Waals surface area contributed by atoms with E-state index in [1.165, 1.54) is 11.1 Å². The van der Waals surface area contributed by atoms with Crippen molar-refractivity contribution in [2.45, 2.75) is 27.3 Å². The Morgan fingerprint density at radius 1 is 1.05 bits per heavy atom. The van der Waals surface area contributed by atoms with Gasteiger partial charge in [-0.3, -0.25) is 0 Å². The van der Waals surface area contributed by atoms with Gasteiger partial charge >= 0.3 is 0 Å². The van der Waals surface area contributed by atoms with E-state index >= 15 is 0 Å². The number of nitrogens with zero attached hydrogens (tertiary/aromatic N) is 2. The molecule has 2 N–H and O–H groups in total. The summed E-state index contributed by atoms with van der Waals surface area (Å²) in [6, 6.07) is 8.50. The van der Waals surface area contributed by atoms with E-state index in [4.69, 9.17) is 0 Å². The first-order valence-electron chi connectivity index (χ1n) is 6.56. The topological polar surface area (TPSA) is 49.8 Å². The molecule has 0 fully saturated rings. The molecule has 1 aromatic carbocycles. The van der Waals surface area contributed by atoms with Crippen LogP contribution in [0.15, 0.2) is 30.5 Å². The Balaban J connectivity index is 2.05. The Labute approximate surface area is 114 Å². The molecule has 0 spiro atoms. The summed E-state index contributed by atoms with van der Waals surface area (Å²) in [6.07, 6.45) is 1.84. The van der Waals surface area contributed by atoms with Gasteiger partial charge in [0.05, 0.1) is 0 Å². The monoisotopic (exact) mass is 256 g/mol. The summed E-state index contributed by atoms with van der Waals surface area (Å²) in [7, 11) is 0. The first-order chi connectivity index (χ1) is 9.19. The lowest BCUT2D eigenvalue weighted by Crippen LogP contribution is -2.08. The third kappa shape index (κ3) is 3.68. The summed E-state index contributed by atoms with van der Waals surface area (Å²) in [4.78, 5) is 8.69. The molecule has 19 heavy (non-hydrogen) atoms. The van der Waals surface area contributed by atoms with Crippen LogP contribution in [-0.4, -0.2) is 16.5 Å². The van der Waals surface area contributed by atoms with Crippen LogP contribution in [0.5, 0.6) is 0 Å². The van der Waals surface area contributed by atoms with Gasteiger partial charge in [0.25, 0.3) is 0 Å². The molecule has 0 amide bonds. The second kappa shape index (κ2) is 6.18. The minimum absolute atomic E-state index is 0.666. The summed E-state index contributed by atoms with van der Waals surface area (Å²) in [5, 5.41) is 6.47. The quantitative estimate of drug-likeness (QED) is 0.863. The lowest BCUT2D eigenvalue weighted by atomic mass is 10.1. The standard InChI is InChI=1S/C15H20N4/c1-4-16-15-18-9-12(3)14(19-15)17-10-13-7-5-11(2)6-8-13/h5-9H,4,10H2,1-3H3,(H2,16,17,18,19). The summed E-state index contributed by atoms with van der Waals surface area (Å²) in [5.74, 6) is 1.55. The summed E-state index contributed by atoms with van der Waals surface area (Å²) in [5.41, 5.74) is 3.57. The molecule has 0 radical (unpaired) electrons. The first-order valence-corrected chi connectivity index (χ1v) is 6.56. The number of rotatable bonds is 5. The first kappa shape index (κ1) is 13.3. The molecule has 1 aromatic heterocycles. The Bertz CT molecular complexity index is 534. The molecule has 1 heterocycles. The van der Waals surface area contributed by atoms with E-state index in [0.29, 0.717) is 5.95 Å². The van der Waals surface area contributed by atoms with E-state index in [2.05, 4.69) is 51.8 Å². The highest BCUT2D eigenvalue weighted by Crippen LogP contribution is 2.14. The molecule has 2 rings (SSSR count). The average molecular weight is 256 g/mol. The van der Waals surface area contributed by atoms with Crippen molar-refractivity contribution in [2.75, 3.05) is 17.2 Å². The maximum atomic E-state index is 4.46. The third-order valence-corrected chi connectivity index (χ3v) is 2.89. The highest BCUT2D eigenvalue weighted by molar-refractivity contribution is 5.46. The fraction of sp³-hybridized carbons (Fsp3) is 0.333. The van der Waals surface area contributed by atoms with Crippen molar-refractivity contribution in [3.63, 3.8) is 0 Å². The second-order valence-electron chi connectivity index (χ2n) is 4.59. The van der Waals surface area contributed by atoms with Crippen molar-refractivity contribution in [2.24, 2.45) is 0 Å². The maximum Gasteiger partial charge on any atom is 0.224 e. The van der Waals surface area contributed by atoms with Gasteiger partial charge in [-0.15, -0.1) is 0 Å². The number of anilines is 2. The van der Waals surface area contributed by atoms with Crippen LogP contribution in [-0.2, 0) is 6.54 Å². The van der Waals surface area contributed by atoms with Gasteiger partial charge in [0.1, 0.15) is 5.82 Å². The number of aromatic nitrogens is 2. The smallest absolute Gasteiger partial charge is 0.224 e. The molecular formula is C15H20N4. The normalized spacial score (nSPS) is 10.3. The Morgan fingerprint density at radius 2 is 1.79 bits per heavy atom. The lowest BCUT2D eigenvalue weighted by molar-refractivity contribution is 1.03. The zero-order valence-corrected chi connectivity index (χ0v) is 11.7. The van der Waals surface area contributed by atoms with Crippen LogP contribution in [0.3, 0.4) is 0 Å². The molecule has 0 aliphatic rings. The van der Waals surface area contributed by atoms with E-state index in [1.807, 2.05) is 20.0 Å². The van der Waals surface area contributed by atoms with Gasteiger partial charge in [-0.2, -0.15) is 4.98 Å². The molecule has 0 saturated carbocycles. The zero-order chi connectivity index (χ0) is 13.7. The third-order valence-electron chi connectivity index (χ3n) is 2.89. The molecule has 0 saturated heterocycles. The molecular weight excluding hydrogens is 236 g/mol. The zero-order valence-electron chi connectivity index (χ0n) is 11.7. The Morgan fingerprint density at radius 3 is 2.47 bits per heavy atom. The number of aryl methyl sites for hydroxylation is 2. The summed E-state index contributed by atoms with van der Waals surface area (Å²) < 4.78 is 0. The van der Waals surface area contributed by atoms with Gasteiger partial charge in [0, 0.05) is 24.8 Å². The van der Waals surface area contributed by atoms with E-state index in [9.17, 15) is 0 Å². The molecule has 0 bridgehead atoms. The molecule has 4 nitrogen and oxygen atoms in total. The van der Waals surface area contributed by atoms with Crippen LogP contribution in [0, 0.1) is 13.8 Å². The molecule has 4 heteroatoms. The van der Waals surface area contributed by atoms with Crippen LogP contribution >= 0.6 is 0 Å². The predicted octanol–water partition coefficient (Wildman–Crippen LogP) is 3.14. The van der Waals surface area contributed by atoms with Crippen molar-refractivity contribution in [3.8, 4) is 0 Å². The molecule has 0 atom stereocenters. The van der Waals surface area contributed by atoms with Crippen LogP contribution in [0.1, 0.15) is 23.6 Å². The molecule has 0 aliphatic carbocycles. The number of benzene rings is 1.